The van der Waals surface area contributed by atoms with E-state index in [9.17, 15) is 4.79 Å². The van der Waals surface area contributed by atoms with Gasteiger partial charge in [0.15, 0.2) is 0 Å². The van der Waals surface area contributed by atoms with Crippen molar-refractivity contribution in [3.8, 4) is 0 Å². The van der Waals surface area contributed by atoms with Gasteiger partial charge in [0.05, 0.1) is 11.6 Å². The zero-order valence-corrected chi connectivity index (χ0v) is 10.2. The molecule has 0 radical (unpaired) electrons. The zero-order valence-electron chi connectivity index (χ0n) is 10.2. The van der Waals surface area contributed by atoms with E-state index in [1.807, 2.05) is 18.5 Å². The summed E-state index contributed by atoms with van der Waals surface area (Å²) in [5, 5.41) is 13.4. The van der Waals surface area contributed by atoms with Gasteiger partial charge in [0.2, 0.25) is 0 Å². The van der Waals surface area contributed by atoms with Crippen LogP contribution in [0.25, 0.3) is 0 Å². The van der Waals surface area contributed by atoms with Crippen molar-refractivity contribution in [1.82, 2.24) is 9.78 Å². The van der Waals surface area contributed by atoms with Crippen LogP contribution < -0.4 is 0 Å². The lowest BCUT2D eigenvalue weighted by atomic mass is 10.1. The van der Waals surface area contributed by atoms with E-state index >= 15 is 0 Å². The molecule has 1 N–H and O–H groups in total. The lowest BCUT2D eigenvalue weighted by molar-refractivity contribution is -0.138. The minimum absolute atomic E-state index is 0.185. The highest BCUT2D eigenvalue weighted by Gasteiger charge is 2.46. The van der Waals surface area contributed by atoms with Crippen LogP contribution in [0.5, 0.6) is 0 Å². The number of nitrogens with zero attached hydrogens (tertiary/aromatic N) is 2. The molecule has 0 aliphatic heterocycles. The van der Waals surface area contributed by atoms with Gasteiger partial charge in [0.25, 0.3) is 0 Å². The van der Waals surface area contributed by atoms with E-state index < -0.39 is 5.97 Å². The smallest absolute Gasteiger partial charge is 0.307 e. The van der Waals surface area contributed by atoms with E-state index in [4.69, 9.17) is 5.11 Å². The lowest BCUT2D eigenvalue weighted by Crippen LogP contribution is -2.05. The van der Waals surface area contributed by atoms with Gasteiger partial charge in [-0.25, -0.2) is 0 Å². The molecule has 0 aromatic carbocycles. The summed E-state index contributed by atoms with van der Waals surface area (Å²) in [5.41, 5.74) is 3.27. The predicted molar refractivity (Wildman–Crippen MR) is 60.6 cm³/mol. The molecule has 16 heavy (non-hydrogen) atoms. The summed E-state index contributed by atoms with van der Waals surface area (Å²) in [7, 11) is 0. The van der Waals surface area contributed by atoms with Crippen molar-refractivity contribution in [3.63, 3.8) is 0 Å². The molecular formula is C12H18N2O2. The third-order valence-electron chi connectivity index (χ3n) is 3.35. The van der Waals surface area contributed by atoms with Crippen molar-refractivity contribution in [2.24, 2.45) is 5.92 Å². The molecule has 0 unspecified atom stereocenters. The Bertz CT molecular complexity index is 434. The first-order valence-electron chi connectivity index (χ1n) is 5.72. The summed E-state index contributed by atoms with van der Waals surface area (Å²) in [6.07, 6.45) is 0.765. The van der Waals surface area contributed by atoms with Crippen LogP contribution in [0, 0.1) is 19.8 Å². The number of carbonyl (C=O) groups is 1. The minimum atomic E-state index is -0.680. The van der Waals surface area contributed by atoms with E-state index in [2.05, 4.69) is 18.9 Å². The van der Waals surface area contributed by atoms with Crippen LogP contribution in [0.15, 0.2) is 0 Å². The molecule has 1 saturated carbocycles. The largest absolute Gasteiger partial charge is 0.481 e. The Kier molecular flexibility index (Phi) is 2.52. The van der Waals surface area contributed by atoms with Crippen LogP contribution in [0.4, 0.5) is 0 Å². The Balaban J connectivity index is 2.33. The van der Waals surface area contributed by atoms with Crippen LogP contribution in [-0.4, -0.2) is 20.9 Å². The minimum Gasteiger partial charge on any atom is -0.481 e. The Labute approximate surface area is 95.3 Å². The van der Waals surface area contributed by atoms with Crippen molar-refractivity contribution in [2.75, 3.05) is 0 Å². The molecule has 1 aliphatic carbocycles. The van der Waals surface area contributed by atoms with E-state index in [0.29, 0.717) is 6.04 Å². The average molecular weight is 222 g/mol. The highest BCUT2D eigenvalue weighted by atomic mass is 16.4. The topological polar surface area (TPSA) is 55.1 Å². The molecule has 0 spiro atoms. The van der Waals surface area contributed by atoms with Gasteiger partial charge < -0.3 is 5.11 Å². The van der Waals surface area contributed by atoms with Gasteiger partial charge in [-0.1, -0.05) is 0 Å². The maximum absolute atomic E-state index is 10.9. The fraction of sp³-hybridized carbons (Fsp3) is 0.667. The van der Waals surface area contributed by atoms with Crippen LogP contribution in [-0.2, 0) is 4.79 Å². The summed E-state index contributed by atoms with van der Waals surface area (Å²) in [6, 6.07) is 0.328. The number of hydrogen-bond donors (Lipinski definition) is 1. The first-order valence-corrected chi connectivity index (χ1v) is 5.72. The van der Waals surface area contributed by atoms with E-state index in [1.165, 1.54) is 0 Å². The summed E-state index contributed by atoms with van der Waals surface area (Å²) in [4.78, 5) is 10.9. The van der Waals surface area contributed by atoms with E-state index in [0.717, 1.165) is 23.4 Å². The van der Waals surface area contributed by atoms with Gasteiger partial charge in [-0.3, -0.25) is 9.48 Å². The Morgan fingerprint density at radius 3 is 2.50 bits per heavy atom. The standard InChI is InChI=1S/C12H18N2O2/c1-6(2)14-8(4)11(7(3)13-14)9-5-10(9)12(15)16/h6,9-10H,5H2,1-4H3,(H,15,16)/t9-,10-/m1/s1. The summed E-state index contributed by atoms with van der Waals surface area (Å²) in [6.45, 7) is 8.18. The maximum atomic E-state index is 10.9. The third-order valence-corrected chi connectivity index (χ3v) is 3.35. The van der Waals surface area contributed by atoms with Crippen LogP contribution in [0.3, 0.4) is 0 Å². The van der Waals surface area contributed by atoms with Crippen molar-refractivity contribution < 1.29 is 9.90 Å². The average Bonchev–Trinajstić information content (AvgIpc) is 2.88. The Morgan fingerprint density at radius 1 is 1.50 bits per heavy atom. The molecule has 1 aromatic heterocycles. The number of carboxylic acids is 1. The summed E-state index contributed by atoms with van der Waals surface area (Å²) < 4.78 is 1.99. The maximum Gasteiger partial charge on any atom is 0.307 e. The molecule has 0 saturated heterocycles. The molecule has 1 fully saturated rings. The molecule has 2 atom stereocenters. The van der Waals surface area contributed by atoms with E-state index in [1.54, 1.807) is 0 Å². The second kappa shape index (κ2) is 3.61. The van der Waals surface area contributed by atoms with Gasteiger partial charge in [-0.15, -0.1) is 0 Å². The van der Waals surface area contributed by atoms with Crippen molar-refractivity contribution in [3.05, 3.63) is 17.0 Å². The van der Waals surface area contributed by atoms with Crippen LogP contribution >= 0.6 is 0 Å². The van der Waals surface area contributed by atoms with Gasteiger partial charge in [0, 0.05) is 17.7 Å². The third kappa shape index (κ3) is 1.62. The number of carboxylic acid groups (broad SMARTS) is 1. The summed E-state index contributed by atoms with van der Waals surface area (Å²) in [5.74, 6) is -0.687. The molecule has 1 aliphatic rings. The highest BCUT2D eigenvalue weighted by Crippen LogP contribution is 2.49. The van der Waals surface area contributed by atoms with Crippen LogP contribution in [0.1, 0.15) is 49.2 Å². The number of rotatable bonds is 3. The molecule has 4 heteroatoms. The van der Waals surface area contributed by atoms with Gasteiger partial charge in [-0.05, 0) is 39.7 Å². The van der Waals surface area contributed by atoms with Gasteiger partial charge >= 0.3 is 5.97 Å². The number of aromatic nitrogens is 2. The Morgan fingerprint density at radius 2 is 2.12 bits per heavy atom. The number of hydrogen-bond acceptors (Lipinski definition) is 2. The van der Waals surface area contributed by atoms with Gasteiger partial charge in [0.1, 0.15) is 0 Å². The molecular weight excluding hydrogens is 204 g/mol. The monoisotopic (exact) mass is 222 g/mol. The molecule has 1 aromatic rings. The Hall–Kier alpha value is -1.32. The van der Waals surface area contributed by atoms with Crippen LogP contribution in [0.2, 0.25) is 0 Å². The second-order valence-electron chi connectivity index (χ2n) is 4.91. The van der Waals surface area contributed by atoms with Crippen molar-refractivity contribution >= 4 is 5.97 Å². The predicted octanol–water partition coefficient (Wildman–Crippen LogP) is 2.27. The number of aryl methyl sites for hydroxylation is 1. The normalized spacial score (nSPS) is 23.8. The molecule has 88 valence electrons. The zero-order chi connectivity index (χ0) is 12.0. The first kappa shape index (κ1) is 11.2. The van der Waals surface area contributed by atoms with Crippen molar-refractivity contribution in [2.45, 2.75) is 46.1 Å². The molecule has 2 rings (SSSR count). The summed E-state index contributed by atoms with van der Waals surface area (Å²) >= 11 is 0. The molecule has 1 heterocycles. The highest BCUT2D eigenvalue weighted by molar-refractivity contribution is 5.75. The van der Waals surface area contributed by atoms with E-state index in [-0.39, 0.29) is 11.8 Å². The first-order chi connectivity index (χ1) is 7.43. The number of aliphatic carboxylic acids is 1. The van der Waals surface area contributed by atoms with Gasteiger partial charge in [-0.2, -0.15) is 5.10 Å². The lowest BCUT2D eigenvalue weighted by Gasteiger charge is -2.08. The fourth-order valence-corrected chi connectivity index (χ4v) is 2.50. The fourth-order valence-electron chi connectivity index (χ4n) is 2.50. The van der Waals surface area contributed by atoms with Crippen molar-refractivity contribution in [1.29, 1.82) is 0 Å². The quantitative estimate of drug-likeness (QED) is 0.853. The molecule has 4 nitrogen and oxygen atoms in total. The molecule has 0 bridgehead atoms. The SMILES string of the molecule is Cc1nn(C(C)C)c(C)c1[C@@H]1C[C@H]1C(=O)O. The second-order valence-corrected chi connectivity index (χ2v) is 4.91. The molecule has 0 amide bonds.